The fraction of sp³-hybridized carbons (Fsp3) is 0.368. The molecule has 0 atom stereocenters. The first-order valence-corrected chi connectivity index (χ1v) is 11.4. The highest BCUT2D eigenvalue weighted by Crippen LogP contribution is 2.30. The molecule has 158 valence electrons. The van der Waals surface area contributed by atoms with E-state index in [1.165, 1.54) is 11.3 Å². The lowest BCUT2D eigenvalue weighted by molar-refractivity contribution is -0.113. The summed E-state index contributed by atoms with van der Waals surface area (Å²) in [7, 11) is 0. The number of aromatic nitrogens is 3. The first kappa shape index (κ1) is 20.7. The molecule has 1 fully saturated rings. The lowest BCUT2D eigenvalue weighted by Gasteiger charge is -2.38. The molecule has 30 heavy (non-hydrogen) atoms. The SMILES string of the molecule is CSc1cnc(NCCCNc2nc3ccc(C(=O)N4CC(F)(F)C4)cc3s2)nc1. The Kier molecular flexibility index (Phi) is 6.00. The van der Waals surface area contributed by atoms with Gasteiger partial charge in [0.05, 0.1) is 23.3 Å². The van der Waals surface area contributed by atoms with Gasteiger partial charge in [0.2, 0.25) is 5.95 Å². The number of nitrogens with zero attached hydrogens (tertiary/aromatic N) is 4. The van der Waals surface area contributed by atoms with Gasteiger partial charge in [-0.2, -0.15) is 0 Å². The molecule has 1 aliphatic rings. The number of halogens is 2. The van der Waals surface area contributed by atoms with E-state index in [1.807, 2.05) is 6.26 Å². The Hall–Kier alpha value is -2.53. The number of carbonyl (C=O) groups is 1. The van der Waals surface area contributed by atoms with Crippen LogP contribution in [0.3, 0.4) is 0 Å². The minimum atomic E-state index is -2.76. The fourth-order valence-electron chi connectivity index (χ4n) is 2.97. The quantitative estimate of drug-likeness (QED) is 0.399. The monoisotopic (exact) mass is 450 g/mol. The fourth-order valence-corrected chi connectivity index (χ4v) is 4.22. The number of hydrogen-bond donors (Lipinski definition) is 2. The van der Waals surface area contributed by atoms with Crippen LogP contribution >= 0.6 is 23.1 Å². The topological polar surface area (TPSA) is 83.0 Å². The molecular weight excluding hydrogens is 430 g/mol. The predicted octanol–water partition coefficient (Wildman–Crippen LogP) is 3.81. The Morgan fingerprint density at radius 2 is 1.97 bits per heavy atom. The number of thiazole rings is 1. The number of nitrogens with one attached hydrogen (secondary N) is 2. The first-order valence-electron chi connectivity index (χ1n) is 9.35. The van der Waals surface area contributed by atoms with E-state index < -0.39 is 19.0 Å². The first-order chi connectivity index (χ1) is 14.4. The van der Waals surface area contributed by atoms with Crippen molar-refractivity contribution in [2.24, 2.45) is 0 Å². The molecule has 0 bridgehead atoms. The van der Waals surface area contributed by atoms with Crippen molar-refractivity contribution in [1.29, 1.82) is 0 Å². The largest absolute Gasteiger partial charge is 0.361 e. The molecule has 11 heteroatoms. The molecule has 0 unspecified atom stereocenters. The maximum absolute atomic E-state index is 13.0. The smallest absolute Gasteiger partial charge is 0.282 e. The molecule has 7 nitrogen and oxygen atoms in total. The third-order valence-corrected chi connectivity index (χ3v) is 6.20. The number of anilines is 2. The Balaban J connectivity index is 1.27. The van der Waals surface area contributed by atoms with Crippen LogP contribution in [0.25, 0.3) is 10.2 Å². The number of likely N-dealkylation sites (tertiary alicyclic amines) is 1. The molecule has 0 spiro atoms. The second-order valence-corrected chi connectivity index (χ2v) is 8.78. The Bertz CT molecular complexity index is 1040. The molecule has 3 heterocycles. The summed E-state index contributed by atoms with van der Waals surface area (Å²) in [5.41, 5.74) is 1.18. The van der Waals surface area contributed by atoms with E-state index in [0.29, 0.717) is 18.1 Å². The zero-order valence-corrected chi connectivity index (χ0v) is 17.8. The molecule has 4 rings (SSSR count). The molecule has 3 aromatic rings. The van der Waals surface area contributed by atoms with E-state index in [2.05, 4.69) is 25.6 Å². The van der Waals surface area contributed by atoms with E-state index in [-0.39, 0.29) is 5.91 Å². The van der Waals surface area contributed by atoms with Crippen molar-refractivity contribution in [3.05, 3.63) is 36.2 Å². The van der Waals surface area contributed by atoms with Gasteiger partial charge in [0.25, 0.3) is 11.8 Å². The summed E-state index contributed by atoms with van der Waals surface area (Å²) in [4.78, 5) is 27.5. The predicted molar refractivity (Wildman–Crippen MR) is 116 cm³/mol. The van der Waals surface area contributed by atoms with Crippen LogP contribution in [0.4, 0.5) is 19.9 Å². The molecule has 0 saturated carbocycles. The minimum Gasteiger partial charge on any atom is -0.361 e. The highest BCUT2D eigenvalue weighted by atomic mass is 32.2. The van der Waals surface area contributed by atoms with Gasteiger partial charge in [-0.1, -0.05) is 11.3 Å². The molecule has 1 aromatic carbocycles. The molecule has 0 aliphatic carbocycles. The Morgan fingerprint density at radius 1 is 1.23 bits per heavy atom. The second-order valence-electron chi connectivity index (χ2n) is 6.87. The van der Waals surface area contributed by atoms with Gasteiger partial charge in [-0.3, -0.25) is 4.79 Å². The van der Waals surface area contributed by atoms with Crippen molar-refractivity contribution in [3.8, 4) is 0 Å². The van der Waals surface area contributed by atoms with E-state index in [1.54, 1.807) is 42.4 Å². The molecule has 2 N–H and O–H groups in total. The van der Waals surface area contributed by atoms with Crippen LogP contribution in [0.1, 0.15) is 16.8 Å². The van der Waals surface area contributed by atoms with Crippen LogP contribution in [-0.4, -0.2) is 64.1 Å². The number of thioether (sulfide) groups is 1. The van der Waals surface area contributed by atoms with Crippen LogP contribution in [0.15, 0.2) is 35.5 Å². The average molecular weight is 451 g/mol. The van der Waals surface area contributed by atoms with Crippen molar-refractivity contribution in [2.75, 3.05) is 43.1 Å². The van der Waals surface area contributed by atoms with Crippen molar-refractivity contribution in [1.82, 2.24) is 19.9 Å². The molecule has 1 amide bonds. The normalized spacial score (nSPS) is 15.1. The van der Waals surface area contributed by atoms with Crippen LogP contribution in [0, 0.1) is 0 Å². The average Bonchev–Trinajstić information content (AvgIpc) is 3.13. The van der Waals surface area contributed by atoms with Gasteiger partial charge in [-0.25, -0.2) is 23.7 Å². The van der Waals surface area contributed by atoms with Gasteiger partial charge in [0.1, 0.15) is 0 Å². The van der Waals surface area contributed by atoms with Crippen molar-refractivity contribution >= 4 is 50.3 Å². The van der Waals surface area contributed by atoms with Crippen molar-refractivity contribution in [3.63, 3.8) is 0 Å². The number of rotatable bonds is 8. The third kappa shape index (κ3) is 4.78. The van der Waals surface area contributed by atoms with Crippen molar-refractivity contribution < 1.29 is 13.6 Å². The highest BCUT2D eigenvalue weighted by Gasteiger charge is 2.46. The van der Waals surface area contributed by atoms with Gasteiger partial charge in [0, 0.05) is 35.9 Å². The lowest BCUT2D eigenvalue weighted by atomic mass is 10.1. The summed E-state index contributed by atoms with van der Waals surface area (Å²) in [5.74, 6) is -2.53. The third-order valence-electron chi connectivity index (χ3n) is 4.54. The summed E-state index contributed by atoms with van der Waals surface area (Å²) in [5, 5.41) is 7.20. The summed E-state index contributed by atoms with van der Waals surface area (Å²) in [6.45, 7) is 0.403. The lowest BCUT2D eigenvalue weighted by Crippen LogP contribution is -2.58. The standard InChI is InChI=1S/C19H20F2N6OS2/c1-29-13-8-24-17(25-9-13)22-5-2-6-23-18-26-14-4-3-12(7-15(14)30-18)16(28)27-10-19(20,21)11-27/h3-4,7-9H,2,5-6,10-11H2,1H3,(H,23,26)(H,22,24,25). The highest BCUT2D eigenvalue weighted by molar-refractivity contribution is 7.98. The second kappa shape index (κ2) is 8.68. The molecule has 0 radical (unpaired) electrons. The van der Waals surface area contributed by atoms with Gasteiger partial charge in [0.15, 0.2) is 5.13 Å². The maximum Gasteiger partial charge on any atom is 0.282 e. The van der Waals surface area contributed by atoms with Crippen LogP contribution < -0.4 is 10.6 Å². The van der Waals surface area contributed by atoms with E-state index in [9.17, 15) is 13.6 Å². The summed E-state index contributed by atoms with van der Waals surface area (Å²) in [6.07, 6.45) is 6.39. The van der Waals surface area contributed by atoms with Gasteiger partial charge >= 0.3 is 0 Å². The maximum atomic E-state index is 13.0. The summed E-state index contributed by atoms with van der Waals surface area (Å²) < 4.78 is 26.8. The molecule has 1 aliphatic heterocycles. The van der Waals surface area contributed by atoms with Crippen LogP contribution in [0.2, 0.25) is 0 Å². The Morgan fingerprint density at radius 3 is 2.67 bits per heavy atom. The number of fused-ring (bicyclic) bond motifs is 1. The zero-order chi connectivity index (χ0) is 21.1. The van der Waals surface area contributed by atoms with Gasteiger partial charge in [-0.05, 0) is 30.9 Å². The number of carbonyl (C=O) groups excluding carboxylic acids is 1. The van der Waals surface area contributed by atoms with Crippen LogP contribution in [0.5, 0.6) is 0 Å². The van der Waals surface area contributed by atoms with Crippen molar-refractivity contribution in [2.45, 2.75) is 17.2 Å². The molecule has 1 saturated heterocycles. The summed E-state index contributed by atoms with van der Waals surface area (Å²) >= 11 is 3.03. The van der Waals surface area contributed by atoms with E-state index in [4.69, 9.17) is 0 Å². The molecule has 2 aromatic heterocycles. The van der Waals surface area contributed by atoms with Gasteiger partial charge in [-0.15, -0.1) is 11.8 Å². The minimum absolute atomic E-state index is 0.371. The zero-order valence-electron chi connectivity index (χ0n) is 16.2. The Labute approximate surface area is 180 Å². The van der Waals surface area contributed by atoms with E-state index >= 15 is 0 Å². The van der Waals surface area contributed by atoms with Gasteiger partial charge < -0.3 is 15.5 Å². The number of hydrogen-bond acceptors (Lipinski definition) is 8. The summed E-state index contributed by atoms with van der Waals surface area (Å²) in [6, 6.07) is 5.10. The molecular formula is C19H20F2N6OS2. The number of benzene rings is 1. The number of alkyl halides is 2. The van der Waals surface area contributed by atoms with Crippen LogP contribution in [-0.2, 0) is 0 Å². The van der Waals surface area contributed by atoms with E-state index in [0.717, 1.165) is 38.1 Å². The number of amides is 1.